The SMILES string of the molecule is CC1CN(CC(Cl)c2ccc3c(c2)OCO3)CC(C)O1. The van der Waals surface area contributed by atoms with Gasteiger partial charge in [0.05, 0.1) is 17.6 Å². The highest BCUT2D eigenvalue weighted by Gasteiger charge is 2.25. The van der Waals surface area contributed by atoms with Gasteiger partial charge in [-0.05, 0) is 31.5 Å². The Morgan fingerprint density at radius 3 is 2.65 bits per heavy atom. The fourth-order valence-electron chi connectivity index (χ4n) is 2.87. The molecule has 1 fully saturated rings. The van der Waals surface area contributed by atoms with Crippen LogP contribution in [0.25, 0.3) is 0 Å². The Labute approximate surface area is 124 Å². The van der Waals surface area contributed by atoms with E-state index in [2.05, 4.69) is 18.7 Å². The molecule has 2 aliphatic heterocycles. The van der Waals surface area contributed by atoms with Gasteiger partial charge in [0.1, 0.15) is 0 Å². The van der Waals surface area contributed by atoms with Crippen molar-refractivity contribution in [2.24, 2.45) is 0 Å². The molecule has 2 heterocycles. The topological polar surface area (TPSA) is 30.9 Å². The fourth-order valence-corrected chi connectivity index (χ4v) is 3.20. The van der Waals surface area contributed by atoms with Gasteiger partial charge in [-0.15, -0.1) is 11.6 Å². The summed E-state index contributed by atoms with van der Waals surface area (Å²) in [6.45, 7) is 7.18. The lowest BCUT2D eigenvalue weighted by molar-refractivity contribution is -0.0678. The molecule has 3 unspecified atom stereocenters. The van der Waals surface area contributed by atoms with E-state index >= 15 is 0 Å². The van der Waals surface area contributed by atoms with Crippen LogP contribution >= 0.6 is 11.6 Å². The number of nitrogens with zero attached hydrogens (tertiary/aromatic N) is 1. The van der Waals surface area contributed by atoms with E-state index in [1.807, 2.05) is 18.2 Å². The number of hydrogen-bond donors (Lipinski definition) is 0. The summed E-state index contributed by atoms with van der Waals surface area (Å²) in [5.41, 5.74) is 1.07. The molecule has 5 heteroatoms. The maximum Gasteiger partial charge on any atom is 0.231 e. The number of fused-ring (bicyclic) bond motifs is 1. The van der Waals surface area contributed by atoms with Crippen molar-refractivity contribution in [2.75, 3.05) is 26.4 Å². The number of halogens is 1. The van der Waals surface area contributed by atoms with Gasteiger partial charge in [-0.1, -0.05) is 6.07 Å². The zero-order valence-electron chi connectivity index (χ0n) is 11.8. The van der Waals surface area contributed by atoms with Crippen molar-refractivity contribution in [1.29, 1.82) is 0 Å². The number of ether oxygens (including phenoxy) is 3. The molecule has 0 radical (unpaired) electrons. The van der Waals surface area contributed by atoms with E-state index in [9.17, 15) is 0 Å². The lowest BCUT2D eigenvalue weighted by Gasteiger charge is -2.36. The second-order valence-electron chi connectivity index (χ2n) is 5.56. The minimum atomic E-state index is -0.0537. The smallest absolute Gasteiger partial charge is 0.231 e. The minimum Gasteiger partial charge on any atom is -0.454 e. The molecule has 0 saturated carbocycles. The van der Waals surface area contributed by atoms with Crippen LogP contribution in [-0.4, -0.2) is 43.5 Å². The highest BCUT2D eigenvalue weighted by molar-refractivity contribution is 6.21. The molecule has 0 amide bonds. The standard InChI is InChI=1S/C15H20ClNO3/c1-10-6-17(7-11(2)20-10)8-13(16)12-3-4-14-15(5-12)19-9-18-14/h3-5,10-11,13H,6-9H2,1-2H3. The lowest BCUT2D eigenvalue weighted by atomic mass is 10.1. The molecule has 3 atom stereocenters. The molecule has 1 aromatic carbocycles. The Hall–Kier alpha value is -0.970. The van der Waals surface area contributed by atoms with Crippen LogP contribution in [0.15, 0.2) is 18.2 Å². The molecule has 2 aliphatic rings. The van der Waals surface area contributed by atoms with Crippen LogP contribution in [0.1, 0.15) is 24.8 Å². The second-order valence-corrected chi connectivity index (χ2v) is 6.08. The Kier molecular flexibility index (Phi) is 4.06. The summed E-state index contributed by atoms with van der Waals surface area (Å²) in [5.74, 6) is 1.59. The quantitative estimate of drug-likeness (QED) is 0.803. The van der Waals surface area contributed by atoms with Gasteiger partial charge in [0.25, 0.3) is 0 Å². The molecule has 0 N–H and O–H groups in total. The minimum absolute atomic E-state index is 0.0537. The first-order chi connectivity index (χ1) is 9.61. The van der Waals surface area contributed by atoms with Crippen molar-refractivity contribution in [2.45, 2.75) is 31.4 Å². The van der Waals surface area contributed by atoms with Crippen molar-refractivity contribution in [3.05, 3.63) is 23.8 Å². The van der Waals surface area contributed by atoms with Gasteiger partial charge in [-0.2, -0.15) is 0 Å². The second kappa shape index (κ2) is 5.80. The average molecular weight is 298 g/mol. The predicted molar refractivity (Wildman–Crippen MR) is 77.6 cm³/mol. The Balaban J connectivity index is 1.65. The van der Waals surface area contributed by atoms with Crippen LogP contribution in [0, 0.1) is 0 Å². The summed E-state index contributed by atoms with van der Waals surface area (Å²) in [5, 5.41) is -0.0537. The number of hydrogen-bond acceptors (Lipinski definition) is 4. The molecule has 110 valence electrons. The van der Waals surface area contributed by atoms with Crippen molar-refractivity contribution in [1.82, 2.24) is 4.90 Å². The number of morpholine rings is 1. The van der Waals surface area contributed by atoms with Gasteiger partial charge >= 0.3 is 0 Å². The number of benzene rings is 1. The van der Waals surface area contributed by atoms with E-state index in [0.29, 0.717) is 6.79 Å². The van der Waals surface area contributed by atoms with Gasteiger partial charge in [0.2, 0.25) is 6.79 Å². The fraction of sp³-hybridized carbons (Fsp3) is 0.600. The Morgan fingerprint density at radius 1 is 1.20 bits per heavy atom. The highest BCUT2D eigenvalue weighted by Crippen LogP contribution is 2.36. The average Bonchev–Trinajstić information content (AvgIpc) is 2.84. The first-order valence-corrected chi connectivity index (χ1v) is 7.47. The summed E-state index contributed by atoms with van der Waals surface area (Å²) >= 11 is 6.56. The van der Waals surface area contributed by atoms with Crippen LogP contribution in [0.4, 0.5) is 0 Å². The number of rotatable bonds is 3. The summed E-state index contributed by atoms with van der Waals surface area (Å²) in [4.78, 5) is 2.36. The summed E-state index contributed by atoms with van der Waals surface area (Å²) in [6.07, 6.45) is 0.527. The summed E-state index contributed by atoms with van der Waals surface area (Å²) in [7, 11) is 0. The van der Waals surface area contributed by atoms with Crippen LogP contribution in [-0.2, 0) is 4.74 Å². The predicted octanol–water partition coefficient (Wildman–Crippen LogP) is 2.80. The van der Waals surface area contributed by atoms with Crippen LogP contribution in [0.3, 0.4) is 0 Å². The maximum absolute atomic E-state index is 6.56. The van der Waals surface area contributed by atoms with Gasteiger partial charge in [0, 0.05) is 19.6 Å². The molecular formula is C15H20ClNO3. The van der Waals surface area contributed by atoms with E-state index in [1.165, 1.54) is 0 Å². The highest BCUT2D eigenvalue weighted by atomic mass is 35.5. The van der Waals surface area contributed by atoms with Crippen LogP contribution < -0.4 is 9.47 Å². The summed E-state index contributed by atoms with van der Waals surface area (Å²) < 4.78 is 16.5. The molecule has 0 aliphatic carbocycles. The maximum atomic E-state index is 6.56. The largest absolute Gasteiger partial charge is 0.454 e. The van der Waals surface area contributed by atoms with Crippen molar-refractivity contribution < 1.29 is 14.2 Å². The van der Waals surface area contributed by atoms with Gasteiger partial charge in [-0.25, -0.2) is 0 Å². The molecule has 20 heavy (non-hydrogen) atoms. The third-order valence-electron chi connectivity index (χ3n) is 3.67. The normalized spacial score (nSPS) is 27.6. The number of alkyl halides is 1. The zero-order chi connectivity index (χ0) is 14.1. The molecule has 1 saturated heterocycles. The van der Waals surface area contributed by atoms with Crippen LogP contribution in [0.2, 0.25) is 0 Å². The molecule has 1 aromatic rings. The summed E-state index contributed by atoms with van der Waals surface area (Å²) in [6, 6.07) is 5.92. The monoisotopic (exact) mass is 297 g/mol. The van der Waals surface area contributed by atoms with Gasteiger partial charge in [-0.3, -0.25) is 4.90 Å². The van der Waals surface area contributed by atoms with Crippen molar-refractivity contribution in [3.8, 4) is 11.5 Å². The Morgan fingerprint density at radius 2 is 1.90 bits per heavy atom. The van der Waals surface area contributed by atoms with E-state index in [-0.39, 0.29) is 17.6 Å². The lowest BCUT2D eigenvalue weighted by Crippen LogP contribution is -2.46. The van der Waals surface area contributed by atoms with Gasteiger partial charge < -0.3 is 14.2 Å². The van der Waals surface area contributed by atoms with E-state index in [0.717, 1.165) is 36.7 Å². The first kappa shape index (κ1) is 14.0. The molecule has 0 spiro atoms. The molecule has 3 rings (SSSR count). The third-order valence-corrected chi connectivity index (χ3v) is 4.06. The molecular weight excluding hydrogens is 278 g/mol. The first-order valence-electron chi connectivity index (χ1n) is 7.03. The third kappa shape index (κ3) is 3.03. The molecule has 4 nitrogen and oxygen atoms in total. The van der Waals surface area contributed by atoms with E-state index in [4.69, 9.17) is 25.8 Å². The molecule has 0 aromatic heterocycles. The van der Waals surface area contributed by atoms with Crippen molar-refractivity contribution >= 4 is 11.6 Å². The zero-order valence-corrected chi connectivity index (χ0v) is 12.6. The van der Waals surface area contributed by atoms with E-state index < -0.39 is 0 Å². The van der Waals surface area contributed by atoms with Crippen molar-refractivity contribution in [3.63, 3.8) is 0 Å². The molecule has 0 bridgehead atoms. The van der Waals surface area contributed by atoms with E-state index in [1.54, 1.807) is 0 Å². The van der Waals surface area contributed by atoms with Crippen LogP contribution in [0.5, 0.6) is 11.5 Å². The Bertz CT molecular complexity index is 472. The van der Waals surface area contributed by atoms with Gasteiger partial charge in [0.15, 0.2) is 11.5 Å².